The maximum Gasteiger partial charge on any atom is 0.211 e. The van der Waals surface area contributed by atoms with E-state index in [1.165, 1.54) is 12.1 Å². The average molecular weight is 341 g/mol. The van der Waals surface area contributed by atoms with Crippen LogP contribution in [0.2, 0.25) is 0 Å². The van der Waals surface area contributed by atoms with E-state index in [1.807, 2.05) is 13.0 Å². The molecule has 1 heterocycles. The molecule has 0 spiro atoms. The fourth-order valence-corrected chi connectivity index (χ4v) is 3.26. The molecular weight excluding hydrogens is 321 g/mol. The molecule has 0 aliphatic heterocycles. The summed E-state index contributed by atoms with van der Waals surface area (Å²) in [5.41, 5.74) is 15.3. The molecule has 4 N–H and O–H groups in total. The Kier molecular flexibility index (Phi) is 4.65. The van der Waals surface area contributed by atoms with Gasteiger partial charge in [-0.05, 0) is 55.5 Å². The zero-order valence-corrected chi connectivity index (χ0v) is 14.2. The number of methoxy groups -OCH3 is 1. The lowest BCUT2D eigenvalue weighted by atomic mass is 9.79. The summed E-state index contributed by atoms with van der Waals surface area (Å²) in [4.78, 5) is 4.48. The molecule has 130 valence electrons. The summed E-state index contributed by atoms with van der Waals surface area (Å²) >= 11 is 0. The molecule has 1 aromatic heterocycles. The van der Waals surface area contributed by atoms with Crippen molar-refractivity contribution in [3.63, 3.8) is 0 Å². The van der Waals surface area contributed by atoms with E-state index in [4.69, 9.17) is 16.2 Å². The van der Waals surface area contributed by atoms with Crippen LogP contribution in [0.1, 0.15) is 34.7 Å². The quantitative estimate of drug-likeness (QED) is 0.508. The van der Waals surface area contributed by atoms with Crippen LogP contribution in [0, 0.1) is 12.7 Å². The molecule has 0 amide bonds. The minimum Gasteiger partial charge on any atom is -0.496 e. The molecule has 7 heteroatoms. The first-order chi connectivity index (χ1) is 12.0. The van der Waals surface area contributed by atoms with Gasteiger partial charge in [0.1, 0.15) is 11.6 Å². The lowest BCUT2D eigenvalue weighted by Crippen LogP contribution is -2.24. The third kappa shape index (κ3) is 3.45. The van der Waals surface area contributed by atoms with Gasteiger partial charge in [0.15, 0.2) is 0 Å². The lowest BCUT2D eigenvalue weighted by molar-refractivity contribution is 0.403. The van der Waals surface area contributed by atoms with Crippen LogP contribution in [0.3, 0.4) is 0 Å². The molecule has 3 rings (SSSR count). The molecular formula is C18H20FN5O. The predicted molar refractivity (Wildman–Crippen MR) is 95.3 cm³/mol. The van der Waals surface area contributed by atoms with Crippen molar-refractivity contribution in [2.45, 2.75) is 25.7 Å². The molecule has 1 aliphatic carbocycles. The standard InChI is InChI=1S/C18H20FN5O/c1-10-5-6-22-14-7-11(8-15(17(10)14)23-24-18(20)21)13-9-12(19)3-4-16(13)25-2/h3-6,9,11H,7-8H2,1-2H3,(H4,20,21,24)/b23-15+. The Hall–Kier alpha value is -2.96. The second-order valence-corrected chi connectivity index (χ2v) is 6.01. The maximum atomic E-state index is 13.8. The third-order valence-corrected chi connectivity index (χ3v) is 4.32. The van der Waals surface area contributed by atoms with E-state index in [9.17, 15) is 4.39 Å². The zero-order valence-electron chi connectivity index (χ0n) is 14.2. The van der Waals surface area contributed by atoms with E-state index < -0.39 is 0 Å². The van der Waals surface area contributed by atoms with Crippen molar-refractivity contribution < 1.29 is 9.13 Å². The van der Waals surface area contributed by atoms with Gasteiger partial charge in [0.05, 0.1) is 18.5 Å². The van der Waals surface area contributed by atoms with Gasteiger partial charge < -0.3 is 16.2 Å². The average Bonchev–Trinajstić information content (AvgIpc) is 2.59. The number of pyridine rings is 1. The lowest BCUT2D eigenvalue weighted by Gasteiger charge is -2.27. The summed E-state index contributed by atoms with van der Waals surface area (Å²) in [5.74, 6) is 0.201. The molecule has 0 saturated heterocycles. The number of rotatable bonds is 3. The number of aromatic nitrogens is 1. The Morgan fingerprint density at radius 1 is 1.28 bits per heavy atom. The fourth-order valence-electron chi connectivity index (χ4n) is 3.26. The Morgan fingerprint density at radius 2 is 2.08 bits per heavy atom. The monoisotopic (exact) mass is 341 g/mol. The summed E-state index contributed by atoms with van der Waals surface area (Å²) in [6.07, 6.45) is 2.99. The molecule has 0 saturated carbocycles. The highest BCUT2D eigenvalue weighted by molar-refractivity contribution is 6.04. The highest BCUT2D eigenvalue weighted by atomic mass is 19.1. The second-order valence-electron chi connectivity index (χ2n) is 6.01. The topological polar surface area (TPSA) is 98.9 Å². The predicted octanol–water partition coefficient (Wildman–Crippen LogP) is 2.25. The third-order valence-electron chi connectivity index (χ3n) is 4.32. The summed E-state index contributed by atoms with van der Waals surface area (Å²) in [7, 11) is 1.57. The van der Waals surface area contributed by atoms with E-state index >= 15 is 0 Å². The first-order valence-corrected chi connectivity index (χ1v) is 7.93. The molecule has 0 bridgehead atoms. The van der Waals surface area contributed by atoms with E-state index in [2.05, 4.69) is 15.2 Å². The van der Waals surface area contributed by atoms with Gasteiger partial charge in [-0.15, -0.1) is 5.10 Å². The van der Waals surface area contributed by atoms with Gasteiger partial charge in [0.2, 0.25) is 5.96 Å². The normalized spacial score (nSPS) is 17.9. The fraction of sp³-hybridized carbons (Fsp3) is 0.278. The zero-order chi connectivity index (χ0) is 18.0. The van der Waals surface area contributed by atoms with Crippen LogP contribution in [0.5, 0.6) is 5.75 Å². The molecule has 1 aromatic carbocycles. The molecule has 25 heavy (non-hydrogen) atoms. The van der Waals surface area contributed by atoms with Crippen LogP contribution in [0.4, 0.5) is 4.39 Å². The van der Waals surface area contributed by atoms with E-state index in [0.29, 0.717) is 18.6 Å². The molecule has 1 atom stereocenters. The first-order valence-electron chi connectivity index (χ1n) is 7.93. The Morgan fingerprint density at radius 3 is 2.80 bits per heavy atom. The van der Waals surface area contributed by atoms with Crippen LogP contribution in [0.15, 0.2) is 40.7 Å². The van der Waals surface area contributed by atoms with E-state index in [-0.39, 0.29) is 17.7 Å². The second kappa shape index (κ2) is 6.88. The molecule has 1 unspecified atom stereocenters. The highest BCUT2D eigenvalue weighted by Crippen LogP contribution is 2.37. The Balaban J connectivity index is 2.10. The van der Waals surface area contributed by atoms with Crippen molar-refractivity contribution in [2.24, 2.45) is 21.7 Å². The molecule has 1 aliphatic rings. The van der Waals surface area contributed by atoms with E-state index in [0.717, 1.165) is 28.1 Å². The van der Waals surface area contributed by atoms with Gasteiger partial charge in [-0.2, -0.15) is 5.10 Å². The van der Waals surface area contributed by atoms with Gasteiger partial charge in [-0.25, -0.2) is 4.39 Å². The van der Waals surface area contributed by atoms with Crippen molar-refractivity contribution in [1.82, 2.24) is 4.98 Å². The number of nitrogens with zero attached hydrogens (tertiary/aromatic N) is 3. The van der Waals surface area contributed by atoms with Crippen molar-refractivity contribution in [2.75, 3.05) is 7.11 Å². The van der Waals surface area contributed by atoms with Crippen molar-refractivity contribution >= 4 is 11.7 Å². The minimum atomic E-state index is -0.304. The number of nitrogens with two attached hydrogens (primary N) is 2. The van der Waals surface area contributed by atoms with Crippen molar-refractivity contribution in [3.05, 3.63) is 58.7 Å². The number of hydrogen-bond donors (Lipinski definition) is 2. The van der Waals surface area contributed by atoms with Gasteiger partial charge >= 0.3 is 0 Å². The number of fused-ring (bicyclic) bond motifs is 1. The first kappa shape index (κ1) is 16.9. The summed E-state index contributed by atoms with van der Waals surface area (Å²) < 4.78 is 19.2. The summed E-state index contributed by atoms with van der Waals surface area (Å²) in [6.45, 7) is 1.99. The largest absolute Gasteiger partial charge is 0.496 e. The van der Waals surface area contributed by atoms with Gasteiger partial charge in [-0.3, -0.25) is 4.98 Å². The maximum absolute atomic E-state index is 13.8. The van der Waals surface area contributed by atoms with Gasteiger partial charge in [-0.1, -0.05) is 0 Å². The number of guanidine groups is 1. The van der Waals surface area contributed by atoms with Crippen LogP contribution < -0.4 is 16.2 Å². The number of benzene rings is 1. The minimum absolute atomic E-state index is 0.0274. The summed E-state index contributed by atoms with van der Waals surface area (Å²) in [5, 5.41) is 8.02. The number of hydrogen-bond acceptors (Lipinski definition) is 4. The Bertz CT molecular complexity index is 859. The highest BCUT2D eigenvalue weighted by Gasteiger charge is 2.29. The van der Waals surface area contributed by atoms with Crippen LogP contribution >= 0.6 is 0 Å². The Labute approximate surface area is 145 Å². The number of ether oxygens (including phenoxy) is 1. The van der Waals surface area contributed by atoms with Crippen LogP contribution in [-0.2, 0) is 6.42 Å². The van der Waals surface area contributed by atoms with Crippen molar-refractivity contribution in [3.8, 4) is 5.75 Å². The SMILES string of the molecule is COc1ccc(F)cc1C1C/C(=N\N=C(N)N)c2c(C)ccnc2C1. The van der Waals surface area contributed by atoms with Crippen LogP contribution in [-0.4, -0.2) is 23.8 Å². The van der Waals surface area contributed by atoms with Gasteiger partial charge in [0.25, 0.3) is 0 Å². The smallest absolute Gasteiger partial charge is 0.211 e. The molecule has 0 radical (unpaired) electrons. The number of aryl methyl sites for hydroxylation is 1. The molecule has 6 nitrogen and oxygen atoms in total. The van der Waals surface area contributed by atoms with E-state index in [1.54, 1.807) is 19.4 Å². The molecule has 2 aromatic rings. The van der Waals surface area contributed by atoms with Gasteiger partial charge in [0, 0.05) is 17.3 Å². The summed E-state index contributed by atoms with van der Waals surface area (Å²) in [6, 6.07) is 6.45. The number of halogens is 1. The van der Waals surface area contributed by atoms with Crippen molar-refractivity contribution in [1.29, 1.82) is 0 Å². The van der Waals surface area contributed by atoms with Crippen LogP contribution in [0.25, 0.3) is 0 Å². The molecule has 0 fully saturated rings.